The fourth-order valence-corrected chi connectivity index (χ4v) is 2.49. The molecule has 1 atom stereocenters. The van der Waals surface area contributed by atoms with Crippen LogP contribution < -0.4 is 5.32 Å². The number of hydrogen-bond donors (Lipinski definition) is 1. The topological polar surface area (TPSA) is 55.6 Å². The summed E-state index contributed by atoms with van der Waals surface area (Å²) in [5.74, 6) is 0.691. The van der Waals surface area contributed by atoms with Gasteiger partial charge in [-0.25, -0.2) is 15.0 Å². The van der Waals surface area contributed by atoms with Gasteiger partial charge in [0.1, 0.15) is 11.8 Å². The first-order chi connectivity index (χ1) is 8.34. The third-order valence-electron chi connectivity index (χ3n) is 3.44. The van der Waals surface area contributed by atoms with Gasteiger partial charge in [0.15, 0.2) is 5.65 Å². The van der Waals surface area contributed by atoms with E-state index >= 15 is 0 Å². The van der Waals surface area contributed by atoms with Gasteiger partial charge in [0.2, 0.25) is 0 Å². The molecule has 3 rings (SSSR count). The molecule has 0 spiro atoms. The average Bonchev–Trinajstić information content (AvgIpc) is 2.76. The molecule has 0 aromatic carbocycles. The number of aromatic nitrogens is 4. The van der Waals surface area contributed by atoms with Gasteiger partial charge in [0, 0.05) is 6.54 Å². The lowest BCUT2D eigenvalue weighted by Crippen LogP contribution is -2.32. The highest BCUT2D eigenvalue weighted by Crippen LogP contribution is 2.17. The molecule has 0 saturated carbocycles. The van der Waals surface area contributed by atoms with E-state index in [0.29, 0.717) is 5.92 Å². The van der Waals surface area contributed by atoms with Crippen molar-refractivity contribution in [3.05, 3.63) is 18.3 Å². The van der Waals surface area contributed by atoms with Crippen molar-refractivity contribution in [3.63, 3.8) is 0 Å². The average molecular weight is 231 g/mol. The number of imidazole rings is 1. The number of fused-ring (bicyclic) bond motifs is 1. The summed E-state index contributed by atoms with van der Waals surface area (Å²) in [7, 11) is 0. The molecule has 1 aliphatic heterocycles. The molecule has 1 unspecified atom stereocenters. The summed E-state index contributed by atoms with van der Waals surface area (Å²) >= 11 is 0. The minimum Gasteiger partial charge on any atom is -0.316 e. The summed E-state index contributed by atoms with van der Waals surface area (Å²) in [5.41, 5.74) is 2.84. The predicted molar refractivity (Wildman–Crippen MR) is 65.7 cm³/mol. The first-order valence-corrected chi connectivity index (χ1v) is 6.18. The number of rotatable bonds is 2. The van der Waals surface area contributed by atoms with Gasteiger partial charge in [0.05, 0.1) is 12.0 Å². The van der Waals surface area contributed by atoms with E-state index in [1.54, 1.807) is 6.33 Å². The van der Waals surface area contributed by atoms with E-state index in [1.165, 1.54) is 12.8 Å². The fraction of sp³-hybridized carbons (Fsp3) is 0.583. The van der Waals surface area contributed by atoms with E-state index in [4.69, 9.17) is 0 Å². The smallest absolute Gasteiger partial charge is 0.163 e. The van der Waals surface area contributed by atoms with Crippen LogP contribution in [0.5, 0.6) is 0 Å². The second-order valence-electron chi connectivity index (χ2n) is 4.74. The highest BCUT2D eigenvalue weighted by Gasteiger charge is 2.15. The van der Waals surface area contributed by atoms with Gasteiger partial charge in [-0.1, -0.05) is 0 Å². The largest absolute Gasteiger partial charge is 0.316 e. The molecule has 2 aromatic rings. The van der Waals surface area contributed by atoms with Crippen LogP contribution in [0.2, 0.25) is 0 Å². The number of nitrogens with zero attached hydrogens (tertiary/aromatic N) is 4. The Morgan fingerprint density at radius 2 is 2.35 bits per heavy atom. The van der Waals surface area contributed by atoms with Gasteiger partial charge in [-0.3, -0.25) is 0 Å². The Bertz CT molecular complexity index is 513. The van der Waals surface area contributed by atoms with Crippen molar-refractivity contribution in [2.24, 2.45) is 5.92 Å². The second kappa shape index (κ2) is 4.41. The summed E-state index contributed by atoms with van der Waals surface area (Å²) in [4.78, 5) is 12.9. The molecule has 1 aliphatic rings. The summed E-state index contributed by atoms with van der Waals surface area (Å²) in [6.07, 6.45) is 6.07. The van der Waals surface area contributed by atoms with Crippen LogP contribution in [0.15, 0.2) is 12.7 Å². The summed E-state index contributed by atoms with van der Waals surface area (Å²) in [5, 5.41) is 3.44. The molecule has 3 heterocycles. The third-order valence-corrected chi connectivity index (χ3v) is 3.44. The minimum atomic E-state index is 0.691. The van der Waals surface area contributed by atoms with Crippen LogP contribution in [0, 0.1) is 12.8 Å². The Hall–Kier alpha value is -1.49. The van der Waals surface area contributed by atoms with Gasteiger partial charge in [-0.2, -0.15) is 0 Å². The third kappa shape index (κ3) is 2.02. The van der Waals surface area contributed by atoms with Crippen LogP contribution in [-0.2, 0) is 6.54 Å². The van der Waals surface area contributed by atoms with Gasteiger partial charge >= 0.3 is 0 Å². The van der Waals surface area contributed by atoms with Crippen molar-refractivity contribution in [2.75, 3.05) is 13.1 Å². The number of hydrogen-bond acceptors (Lipinski definition) is 4. The zero-order valence-electron chi connectivity index (χ0n) is 10.1. The predicted octanol–water partition coefficient (Wildman–Crippen LogP) is 1.13. The maximum atomic E-state index is 4.40. The lowest BCUT2D eigenvalue weighted by atomic mass is 10.00. The van der Waals surface area contributed by atoms with Gasteiger partial charge < -0.3 is 9.88 Å². The van der Waals surface area contributed by atoms with Crippen LogP contribution >= 0.6 is 0 Å². The Kier molecular flexibility index (Phi) is 2.76. The molecule has 5 heteroatoms. The molecule has 1 N–H and O–H groups in total. The molecule has 1 fully saturated rings. The molecule has 2 aromatic heterocycles. The summed E-state index contributed by atoms with van der Waals surface area (Å²) in [6, 6.07) is 0. The summed E-state index contributed by atoms with van der Waals surface area (Å²) < 4.78 is 2.15. The van der Waals surface area contributed by atoms with Crippen LogP contribution in [0.4, 0.5) is 0 Å². The zero-order chi connectivity index (χ0) is 11.7. The normalized spacial score (nSPS) is 20.9. The van der Waals surface area contributed by atoms with Crippen LogP contribution in [0.25, 0.3) is 11.2 Å². The summed E-state index contributed by atoms with van der Waals surface area (Å²) in [6.45, 7) is 5.23. The van der Waals surface area contributed by atoms with Gasteiger partial charge in [0.25, 0.3) is 0 Å². The quantitative estimate of drug-likeness (QED) is 0.842. The minimum absolute atomic E-state index is 0.691. The van der Waals surface area contributed by atoms with Gasteiger partial charge in [-0.15, -0.1) is 0 Å². The van der Waals surface area contributed by atoms with Crippen molar-refractivity contribution >= 4 is 11.2 Å². The SMILES string of the molecule is Cc1ncnc2c1ncn2CC1CCCNC1. The standard InChI is InChI=1S/C12H17N5/c1-9-11-12(15-7-14-9)17(8-16-11)6-10-3-2-4-13-5-10/h7-8,10,13H,2-6H2,1H3. The Morgan fingerprint density at radius 1 is 1.41 bits per heavy atom. The van der Waals surface area contributed by atoms with Crippen molar-refractivity contribution < 1.29 is 0 Å². The second-order valence-corrected chi connectivity index (χ2v) is 4.74. The highest BCUT2D eigenvalue weighted by atomic mass is 15.1. The molecular weight excluding hydrogens is 214 g/mol. The van der Waals surface area contributed by atoms with Gasteiger partial charge in [-0.05, 0) is 38.8 Å². The zero-order valence-corrected chi connectivity index (χ0v) is 10.1. The highest BCUT2D eigenvalue weighted by molar-refractivity contribution is 5.72. The molecule has 0 radical (unpaired) electrons. The lowest BCUT2D eigenvalue weighted by molar-refractivity contribution is 0.339. The van der Waals surface area contributed by atoms with E-state index < -0.39 is 0 Å². The van der Waals surface area contributed by atoms with Crippen LogP contribution in [0.3, 0.4) is 0 Å². The van der Waals surface area contributed by atoms with E-state index in [9.17, 15) is 0 Å². The molecular formula is C12H17N5. The molecule has 0 bridgehead atoms. The van der Waals surface area contributed by atoms with Crippen molar-refractivity contribution in [3.8, 4) is 0 Å². The fourth-order valence-electron chi connectivity index (χ4n) is 2.49. The molecule has 17 heavy (non-hydrogen) atoms. The molecule has 5 nitrogen and oxygen atoms in total. The lowest BCUT2D eigenvalue weighted by Gasteiger charge is -2.22. The van der Waals surface area contributed by atoms with Crippen LogP contribution in [0.1, 0.15) is 18.5 Å². The van der Waals surface area contributed by atoms with Crippen molar-refractivity contribution in [2.45, 2.75) is 26.3 Å². The Balaban J connectivity index is 1.87. The Morgan fingerprint density at radius 3 is 3.18 bits per heavy atom. The Labute approximate surface area is 100 Å². The maximum Gasteiger partial charge on any atom is 0.163 e. The number of piperidine rings is 1. The maximum absolute atomic E-state index is 4.40. The van der Waals surface area contributed by atoms with Crippen molar-refractivity contribution in [1.29, 1.82) is 0 Å². The van der Waals surface area contributed by atoms with E-state index in [-0.39, 0.29) is 0 Å². The first kappa shape index (κ1) is 10.7. The van der Waals surface area contributed by atoms with E-state index in [1.807, 2.05) is 13.3 Å². The molecule has 90 valence electrons. The van der Waals surface area contributed by atoms with E-state index in [0.717, 1.165) is 36.5 Å². The van der Waals surface area contributed by atoms with E-state index in [2.05, 4.69) is 24.8 Å². The monoisotopic (exact) mass is 231 g/mol. The first-order valence-electron chi connectivity index (χ1n) is 6.18. The molecule has 0 amide bonds. The molecule has 1 saturated heterocycles. The number of aryl methyl sites for hydroxylation is 1. The molecule has 0 aliphatic carbocycles. The van der Waals surface area contributed by atoms with Crippen molar-refractivity contribution in [1.82, 2.24) is 24.8 Å². The van der Waals surface area contributed by atoms with Crippen LogP contribution in [-0.4, -0.2) is 32.6 Å². The number of nitrogens with one attached hydrogen (secondary N) is 1.